The van der Waals surface area contributed by atoms with Gasteiger partial charge in [0.1, 0.15) is 11.5 Å². The highest BCUT2D eigenvalue weighted by atomic mass is 16.5. The molecule has 0 radical (unpaired) electrons. The van der Waals surface area contributed by atoms with E-state index in [4.69, 9.17) is 9.47 Å². The van der Waals surface area contributed by atoms with Crippen LogP contribution in [-0.4, -0.2) is 43.0 Å². The van der Waals surface area contributed by atoms with E-state index in [0.717, 1.165) is 11.3 Å². The van der Waals surface area contributed by atoms with Crippen LogP contribution in [0, 0.1) is 6.92 Å². The summed E-state index contributed by atoms with van der Waals surface area (Å²) >= 11 is 0. The average molecular weight is 384 g/mol. The molecule has 0 bridgehead atoms. The number of rotatable bonds is 9. The minimum absolute atomic E-state index is 0.0306. The fraction of sp³-hybridized carbons (Fsp3) is 0.364. The van der Waals surface area contributed by atoms with Crippen LogP contribution in [0.2, 0.25) is 0 Å². The summed E-state index contributed by atoms with van der Waals surface area (Å²) in [5.41, 5.74) is 2.05. The SMILES string of the molecule is CCOc1ccc(C(=O)Nc2cccc(OCC(=O)N(CC)CC)c2)cc1C. The summed E-state index contributed by atoms with van der Waals surface area (Å²) in [6.07, 6.45) is 0. The number of nitrogens with zero attached hydrogens (tertiary/aromatic N) is 1. The Hall–Kier alpha value is -3.02. The molecule has 0 aliphatic rings. The fourth-order valence-electron chi connectivity index (χ4n) is 2.79. The molecule has 0 aliphatic carbocycles. The molecule has 0 aromatic heterocycles. The molecule has 0 atom stereocenters. The van der Waals surface area contributed by atoms with E-state index in [1.54, 1.807) is 47.4 Å². The van der Waals surface area contributed by atoms with Gasteiger partial charge in [-0.05, 0) is 63.6 Å². The van der Waals surface area contributed by atoms with Gasteiger partial charge in [-0.1, -0.05) is 6.07 Å². The Morgan fingerprint density at radius 2 is 1.75 bits per heavy atom. The summed E-state index contributed by atoms with van der Waals surface area (Å²) in [4.78, 5) is 26.3. The molecule has 0 spiro atoms. The van der Waals surface area contributed by atoms with Crippen molar-refractivity contribution in [1.29, 1.82) is 0 Å². The highest BCUT2D eigenvalue weighted by molar-refractivity contribution is 6.04. The molecule has 0 fully saturated rings. The van der Waals surface area contributed by atoms with Crippen LogP contribution in [0.1, 0.15) is 36.7 Å². The van der Waals surface area contributed by atoms with Gasteiger partial charge in [-0.3, -0.25) is 9.59 Å². The molecule has 2 aromatic carbocycles. The minimum Gasteiger partial charge on any atom is -0.494 e. The molecule has 2 rings (SSSR count). The number of ether oxygens (including phenoxy) is 2. The van der Waals surface area contributed by atoms with Crippen molar-refractivity contribution in [3.8, 4) is 11.5 Å². The van der Waals surface area contributed by atoms with E-state index in [2.05, 4.69) is 5.32 Å². The van der Waals surface area contributed by atoms with E-state index in [1.807, 2.05) is 27.7 Å². The number of hydrogen-bond donors (Lipinski definition) is 1. The zero-order valence-electron chi connectivity index (χ0n) is 17.0. The van der Waals surface area contributed by atoms with E-state index < -0.39 is 0 Å². The quantitative estimate of drug-likeness (QED) is 0.712. The number of aryl methyl sites for hydroxylation is 1. The van der Waals surface area contributed by atoms with Gasteiger partial charge in [-0.25, -0.2) is 0 Å². The van der Waals surface area contributed by atoms with Crippen LogP contribution in [0.25, 0.3) is 0 Å². The maximum atomic E-state index is 12.5. The molecular weight excluding hydrogens is 356 g/mol. The number of carbonyl (C=O) groups excluding carboxylic acids is 2. The zero-order valence-corrected chi connectivity index (χ0v) is 17.0. The molecule has 0 saturated heterocycles. The molecule has 6 nitrogen and oxygen atoms in total. The first-order valence-electron chi connectivity index (χ1n) is 9.53. The van der Waals surface area contributed by atoms with Crippen molar-refractivity contribution in [2.75, 3.05) is 31.6 Å². The number of hydrogen-bond acceptors (Lipinski definition) is 4. The van der Waals surface area contributed by atoms with Crippen LogP contribution in [-0.2, 0) is 4.79 Å². The molecule has 2 aromatic rings. The normalized spacial score (nSPS) is 10.3. The van der Waals surface area contributed by atoms with Crippen molar-refractivity contribution in [3.63, 3.8) is 0 Å². The van der Waals surface area contributed by atoms with E-state index >= 15 is 0 Å². The standard InChI is InChI=1S/C22H28N2O4/c1-5-24(6-2)21(25)15-28-19-10-8-9-18(14-19)23-22(26)17-11-12-20(27-7-3)16(4)13-17/h8-14H,5-7,15H2,1-4H3,(H,23,26). The Balaban J connectivity index is 2.01. The highest BCUT2D eigenvalue weighted by Gasteiger charge is 2.12. The van der Waals surface area contributed by atoms with Gasteiger partial charge in [0, 0.05) is 30.4 Å². The lowest BCUT2D eigenvalue weighted by Crippen LogP contribution is -2.34. The third-order valence-corrected chi connectivity index (χ3v) is 4.31. The summed E-state index contributed by atoms with van der Waals surface area (Å²) in [5, 5.41) is 2.85. The molecule has 2 amide bonds. The summed E-state index contributed by atoms with van der Waals surface area (Å²) in [6.45, 7) is 9.54. The summed E-state index contributed by atoms with van der Waals surface area (Å²) in [5.74, 6) is 1.01. The Kier molecular flexibility index (Phi) is 7.87. The smallest absolute Gasteiger partial charge is 0.260 e. The van der Waals surface area contributed by atoms with Crippen molar-refractivity contribution in [2.45, 2.75) is 27.7 Å². The second-order valence-corrected chi connectivity index (χ2v) is 6.25. The highest BCUT2D eigenvalue weighted by Crippen LogP contribution is 2.21. The van der Waals surface area contributed by atoms with Crippen LogP contribution in [0.4, 0.5) is 5.69 Å². The first kappa shape index (κ1) is 21.3. The van der Waals surface area contributed by atoms with Gasteiger partial charge >= 0.3 is 0 Å². The predicted molar refractivity (Wildman–Crippen MR) is 110 cm³/mol. The van der Waals surface area contributed by atoms with Gasteiger partial charge in [0.2, 0.25) is 0 Å². The molecule has 0 aliphatic heterocycles. The van der Waals surface area contributed by atoms with Gasteiger partial charge in [0.15, 0.2) is 6.61 Å². The van der Waals surface area contributed by atoms with Crippen molar-refractivity contribution in [1.82, 2.24) is 4.90 Å². The number of benzene rings is 2. The van der Waals surface area contributed by atoms with Crippen molar-refractivity contribution in [3.05, 3.63) is 53.6 Å². The Bertz CT molecular complexity index is 816. The predicted octanol–water partition coefficient (Wildman–Crippen LogP) is 3.89. The average Bonchev–Trinajstić information content (AvgIpc) is 2.69. The van der Waals surface area contributed by atoms with Gasteiger partial charge in [0.05, 0.1) is 6.61 Å². The first-order chi connectivity index (χ1) is 13.5. The van der Waals surface area contributed by atoms with Crippen LogP contribution in [0.5, 0.6) is 11.5 Å². The number of likely N-dealkylation sites (N-methyl/N-ethyl adjacent to an activating group) is 1. The van der Waals surface area contributed by atoms with Crippen molar-refractivity contribution < 1.29 is 19.1 Å². The van der Waals surface area contributed by atoms with Crippen LogP contribution < -0.4 is 14.8 Å². The molecule has 1 N–H and O–H groups in total. The van der Waals surface area contributed by atoms with Crippen LogP contribution >= 0.6 is 0 Å². The molecule has 0 heterocycles. The molecule has 6 heteroatoms. The van der Waals surface area contributed by atoms with Gasteiger partial charge < -0.3 is 19.7 Å². The van der Waals surface area contributed by atoms with Crippen LogP contribution in [0.3, 0.4) is 0 Å². The summed E-state index contributed by atoms with van der Waals surface area (Å²) < 4.78 is 11.1. The lowest BCUT2D eigenvalue weighted by Gasteiger charge is -2.18. The maximum absolute atomic E-state index is 12.5. The molecule has 28 heavy (non-hydrogen) atoms. The topological polar surface area (TPSA) is 67.9 Å². The molecule has 0 saturated carbocycles. The monoisotopic (exact) mass is 384 g/mol. The zero-order chi connectivity index (χ0) is 20.5. The lowest BCUT2D eigenvalue weighted by atomic mass is 10.1. The largest absolute Gasteiger partial charge is 0.494 e. The van der Waals surface area contributed by atoms with Gasteiger partial charge in [-0.2, -0.15) is 0 Å². The van der Waals surface area contributed by atoms with Crippen molar-refractivity contribution >= 4 is 17.5 Å². The third-order valence-electron chi connectivity index (χ3n) is 4.31. The first-order valence-corrected chi connectivity index (χ1v) is 9.53. The Morgan fingerprint density at radius 3 is 2.39 bits per heavy atom. The summed E-state index contributed by atoms with van der Waals surface area (Å²) in [7, 11) is 0. The summed E-state index contributed by atoms with van der Waals surface area (Å²) in [6, 6.07) is 12.3. The number of carbonyl (C=O) groups is 2. The lowest BCUT2D eigenvalue weighted by molar-refractivity contribution is -0.132. The van der Waals surface area contributed by atoms with E-state index in [1.165, 1.54) is 0 Å². The maximum Gasteiger partial charge on any atom is 0.260 e. The Morgan fingerprint density at radius 1 is 1.00 bits per heavy atom. The fourth-order valence-corrected chi connectivity index (χ4v) is 2.79. The van der Waals surface area contributed by atoms with E-state index in [-0.39, 0.29) is 18.4 Å². The number of amides is 2. The van der Waals surface area contributed by atoms with E-state index in [9.17, 15) is 9.59 Å². The number of nitrogens with one attached hydrogen (secondary N) is 1. The molecular formula is C22H28N2O4. The number of anilines is 1. The van der Waals surface area contributed by atoms with Crippen molar-refractivity contribution in [2.24, 2.45) is 0 Å². The second kappa shape index (κ2) is 10.3. The molecule has 0 unspecified atom stereocenters. The van der Waals surface area contributed by atoms with E-state index in [0.29, 0.717) is 36.7 Å². The van der Waals surface area contributed by atoms with Gasteiger partial charge in [-0.15, -0.1) is 0 Å². The van der Waals surface area contributed by atoms with Gasteiger partial charge in [0.25, 0.3) is 11.8 Å². The van der Waals surface area contributed by atoms with Crippen LogP contribution in [0.15, 0.2) is 42.5 Å². The molecule has 150 valence electrons. The second-order valence-electron chi connectivity index (χ2n) is 6.25. The third kappa shape index (κ3) is 5.74. The Labute approximate surface area is 166 Å². The minimum atomic E-state index is -0.220.